The van der Waals surface area contributed by atoms with Gasteiger partial charge in [-0.2, -0.15) is 0 Å². The van der Waals surface area contributed by atoms with E-state index in [2.05, 4.69) is 11.8 Å². The number of carbonyl (C=O) groups is 2. The Morgan fingerprint density at radius 3 is 2.38 bits per heavy atom. The van der Waals surface area contributed by atoms with Gasteiger partial charge in [-0.3, -0.25) is 4.79 Å². The van der Waals surface area contributed by atoms with Crippen LogP contribution in [0.25, 0.3) is 0 Å². The Labute approximate surface area is 156 Å². The minimum Gasteiger partial charge on any atom is -0.454 e. The molecule has 0 aliphatic carbocycles. The van der Waals surface area contributed by atoms with Crippen LogP contribution >= 0.6 is 0 Å². The van der Waals surface area contributed by atoms with Crippen molar-refractivity contribution in [3.05, 3.63) is 65.2 Å². The van der Waals surface area contributed by atoms with E-state index in [-0.39, 0.29) is 24.5 Å². The Bertz CT molecular complexity index is 883. The van der Waals surface area contributed by atoms with Gasteiger partial charge in [0, 0.05) is 25.3 Å². The monoisotopic (exact) mass is 348 g/mol. The fourth-order valence-electron chi connectivity index (χ4n) is 2.63. The molecule has 0 saturated heterocycles. The quantitative estimate of drug-likeness (QED) is 0.685. The van der Waals surface area contributed by atoms with Crippen molar-refractivity contribution in [2.75, 3.05) is 4.90 Å². The molecule has 0 atom stereocenters. The highest BCUT2D eigenvalue weighted by Crippen LogP contribution is 2.26. The van der Waals surface area contributed by atoms with Gasteiger partial charge in [-0.05, 0) is 30.7 Å². The standard InChI is InChI=1S/C20H17NO2.CH5BO/c1-15(22)10-13-20(23)21-14-18-8-3-2-6-16(18)11-12-17-7-4-5-9-19(17)21;1-2-3/h2-9H,10,13-14H2,1H3;2-3H,1H3/i;2D. The van der Waals surface area contributed by atoms with Gasteiger partial charge >= 0.3 is 0 Å². The molecule has 0 unspecified atom stereocenters. The van der Waals surface area contributed by atoms with Crippen molar-refractivity contribution >= 4 is 24.8 Å². The molecule has 4 nitrogen and oxygen atoms in total. The van der Waals surface area contributed by atoms with Gasteiger partial charge in [-0.25, -0.2) is 0 Å². The highest BCUT2D eigenvalue weighted by atomic mass is 16.2. The molecule has 0 radical (unpaired) electrons. The first-order valence-corrected chi connectivity index (χ1v) is 8.47. The molecular formula is C21H22BNO3. The molecule has 2 aromatic rings. The molecule has 0 fully saturated rings. The number of carbonyl (C=O) groups excluding carboxylic acids is 2. The van der Waals surface area contributed by atoms with Crippen LogP contribution < -0.4 is 4.90 Å². The number of rotatable bonds is 3. The molecule has 0 bridgehead atoms. The lowest BCUT2D eigenvalue weighted by atomic mass is 10.0. The maximum Gasteiger partial charge on any atom is 0.267 e. The van der Waals surface area contributed by atoms with Gasteiger partial charge in [-0.1, -0.05) is 49.0 Å². The van der Waals surface area contributed by atoms with E-state index in [1.54, 1.807) is 4.90 Å². The Kier molecular flexibility index (Phi) is 6.63. The average Bonchev–Trinajstić information content (AvgIpc) is 2.61. The van der Waals surface area contributed by atoms with Crippen LogP contribution in [-0.4, -0.2) is 25.5 Å². The van der Waals surface area contributed by atoms with Gasteiger partial charge < -0.3 is 14.7 Å². The number of nitrogens with zero attached hydrogens (tertiary/aromatic N) is 1. The summed E-state index contributed by atoms with van der Waals surface area (Å²) in [4.78, 5) is 25.6. The molecule has 1 amide bonds. The fraction of sp³-hybridized carbons (Fsp3) is 0.238. The normalized spacial score (nSPS) is 11.8. The van der Waals surface area contributed by atoms with Crippen molar-refractivity contribution < 1.29 is 14.6 Å². The van der Waals surface area contributed by atoms with Crippen LogP contribution in [0, 0.1) is 11.8 Å². The molecule has 1 N–H and O–H groups in total. The summed E-state index contributed by atoms with van der Waals surface area (Å²) in [6.45, 7) is 3.37. The van der Waals surface area contributed by atoms with Gasteiger partial charge in [0.05, 0.1) is 12.2 Å². The van der Waals surface area contributed by atoms with Crippen LogP contribution in [0.1, 0.15) is 36.5 Å². The van der Waals surface area contributed by atoms with E-state index in [1.165, 1.54) is 13.7 Å². The SMILES string of the molecule is CC(=O)CCC(=O)N1Cc2ccccc2C#Cc2ccccc21.[2H]B(C)O. The summed E-state index contributed by atoms with van der Waals surface area (Å²) in [6, 6.07) is 15.5. The summed E-state index contributed by atoms with van der Waals surface area (Å²) in [5.41, 5.74) is 3.60. The molecule has 2 aromatic carbocycles. The van der Waals surface area contributed by atoms with Crippen LogP contribution in [0.4, 0.5) is 5.69 Å². The van der Waals surface area contributed by atoms with E-state index in [0.29, 0.717) is 6.54 Å². The molecule has 132 valence electrons. The predicted octanol–water partition coefficient (Wildman–Crippen LogP) is 2.68. The van der Waals surface area contributed by atoms with Crippen molar-refractivity contribution in [1.29, 1.82) is 1.34 Å². The smallest absolute Gasteiger partial charge is 0.267 e. The van der Waals surface area contributed by atoms with Crippen LogP contribution in [0.5, 0.6) is 0 Å². The second kappa shape index (κ2) is 9.60. The second-order valence-corrected chi connectivity index (χ2v) is 5.86. The molecule has 0 aromatic heterocycles. The van der Waals surface area contributed by atoms with Gasteiger partial charge in [0.1, 0.15) is 5.78 Å². The van der Waals surface area contributed by atoms with Gasteiger partial charge in [0.2, 0.25) is 5.91 Å². The molecule has 1 heterocycles. The van der Waals surface area contributed by atoms with Crippen molar-refractivity contribution in [2.45, 2.75) is 33.1 Å². The third kappa shape index (κ3) is 5.08. The molecule has 26 heavy (non-hydrogen) atoms. The van der Waals surface area contributed by atoms with Crippen LogP contribution in [0.2, 0.25) is 6.82 Å². The first kappa shape index (κ1) is 18.0. The average molecular weight is 348 g/mol. The van der Waals surface area contributed by atoms with E-state index in [9.17, 15) is 9.59 Å². The van der Waals surface area contributed by atoms with E-state index in [0.717, 1.165) is 22.4 Å². The van der Waals surface area contributed by atoms with Crippen molar-refractivity contribution in [3.8, 4) is 11.8 Å². The third-order valence-electron chi connectivity index (χ3n) is 3.86. The van der Waals surface area contributed by atoms with E-state index in [1.807, 2.05) is 48.5 Å². The Morgan fingerprint density at radius 2 is 1.69 bits per heavy atom. The number of anilines is 1. The number of amides is 1. The largest absolute Gasteiger partial charge is 0.454 e. The molecule has 5 heteroatoms. The Hall–Kier alpha value is -2.84. The number of hydrogen-bond donors (Lipinski definition) is 1. The maximum atomic E-state index is 12.7. The summed E-state index contributed by atoms with van der Waals surface area (Å²) in [5, 5.41) is 7.72. The van der Waals surface area contributed by atoms with Crippen LogP contribution in [0.15, 0.2) is 48.5 Å². The second-order valence-electron chi connectivity index (χ2n) is 5.86. The zero-order valence-electron chi connectivity index (χ0n) is 16.0. The lowest BCUT2D eigenvalue weighted by molar-refractivity contribution is -0.123. The molecule has 0 saturated carbocycles. The van der Waals surface area contributed by atoms with Crippen LogP contribution in [-0.2, 0) is 16.1 Å². The Morgan fingerprint density at radius 1 is 1.12 bits per heavy atom. The van der Waals surface area contributed by atoms with Gasteiger partial charge in [-0.15, -0.1) is 0 Å². The van der Waals surface area contributed by atoms with Crippen molar-refractivity contribution in [3.63, 3.8) is 0 Å². The van der Waals surface area contributed by atoms with Gasteiger partial charge in [0.15, 0.2) is 0 Å². The zero-order valence-corrected chi connectivity index (χ0v) is 15.0. The number of hydrogen-bond acceptors (Lipinski definition) is 3. The Balaban J connectivity index is 0.000000596. The van der Waals surface area contributed by atoms with E-state index >= 15 is 0 Å². The number of para-hydroxylation sites is 1. The number of Topliss-reactive ketones (excluding diaryl/α,β-unsaturated/α-hetero) is 1. The molecule has 0 spiro atoms. The zero-order chi connectivity index (χ0) is 19.8. The highest BCUT2D eigenvalue weighted by Gasteiger charge is 2.21. The maximum absolute atomic E-state index is 12.7. The predicted molar refractivity (Wildman–Crippen MR) is 105 cm³/mol. The molecule has 3 rings (SSSR count). The molecule has 1 aliphatic rings. The lowest BCUT2D eigenvalue weighted by Crippen LogP contribution is -2.32. The van der Waals surface area contributed by atoms with Crippen LogP contribution in [0.3, 0.4) is 0 Å². The molecular weight excluding hydrogens is 325 g/mol. The summed E-state index contributed by atoms with van der Waals surface area (Å²) >= 11 is 0. The van der Waals surface area contributed by atoms with Gasteiger partial charge in [0.25, 0.3) is 7.45 Å². The van der Waals surface area contributed by atoms with Crippen molar-refractivity contribution in [2.24, 2.45) is 0 Å². The topological polar surface area (TPSA) is 57.6 Å². The summed E-state index contributed by atoms with van der Waals surface area (Å²) in [6.07, 6.45) is 0.490. The van der Waals surface area contributed by atoms with Crippen molar-refractivity contribution in [1.82, 2.24) is 0 Å². The summed E-state index contributed by atoms with van der Waals surface area (Å²) in [7, 11) is -0.917. The number of ketones is 1. The summed E-state index contributed by atoms with van der Waals surface area (Å²) in [5.74, 6) is 6.33. The minimum absolute atomic E-state index is 0.0267. The summed E-state index contributed by atoms with van der Waals surface area (Å²) < 4.78 is 6.14. The first-order chi connectivity index (χ1) is 12.9. The van der Waals surface area contributed by atoms with E-state index < -0.39 is 7.45 Å². The highest BCUT2D eigenvalue weighted by molar-refractivity contribution is 6.22. The minimum atomic E-state index is -0.917. The lowest BCUT2D eigenvalue weighted by Gasteiger charge is -2.26. The molecule has 1 aliphatic heterocycles. The van der Waals surface area contributed by atoms with E-state index in [4.69, 9.17) is 6.36 Å². The first-order valence-electron chi connectivity index (χ1n) is 9.05. The third-order valence-corrected chi connectivity index (χ3v) is 3.86. The number of fused-ring (bicyclic) bond motifs is 2. The number of benzene rings is 2. The fourth-order valence-corrected chi connectivity index (χ4v) is 2.63.